The molecule has 0 spiro atoms. The van der Waals surface area contributed by atoms with Gasteiger partial charge >= 0.3 is 0 Å². The SMILES string of the molecule is CN=C(NCCc1cc(F)ccc1F)NCc1ccc(F)cc1. The molecule has 0 amide bonds. The maximum Gasteiger partial charge on any atom is 0.191 e. The molecule has 0 radical (unpaired) electrons. The van der Waals surface area contributed by atoms with Crippen LogP contribution in [0.5, 0.6) is 0 Å². The number of hydrogen-bond donors (Lipinski definition) is 2. The van der Waals surface area contributed by atoms with Crippen molar-refractivity contribution < 1.29 is 13.2 Å². The van der Waals surface area contributed by atoms with Crippen molar-refractivity contribution in [3.8, 4) is 0 Å². The van der Waals surface area contributed by atoms with Crippen LogP contribution < -0.4 is 10.6 Å². The molecule has 23 heavy (non-hydrogen) atoms. The molecule has 0 saturated carbocycles. The first-order valence-electron chi connectivity index (χ1n) is 7.21. The second-order valence-corrected chi connectivity index (χ2v) is 4.96. The number of aliphatic imine (C=N–C) groups is 1. The highest BCUT2D eigenvalue weighted by atomic mass is 19.1. The minimum Gasteiger partial charge on any atom is -0.356 e. The summed E-state index contributed by atoms with van der Waals surface area (Å²) < 4.78 is 39.4. The fourth-order valence-electron chi connectivity index (χ4n) is 2.06. The Morgan fingerprint density at radius 3 is 2.35 bits per heavy atom. The molecule has 2 aromatic rings. The van der Waals surface area contributed by atoms with Crippen molar-refractivity contribution in [2.24, 2.45) is 4.99 Å². The molecule has 0 unspecified atom stereocenters. The van der Waals surface area contributed by atoms with Gasteiger partial charge in [0.05, 0.1) is 0 Å². The number of benzene rings is 2. The van der Waals surface area contributed by atoms with Gasteiger partial charge in [0.2, 0.25) is 0 Å². The molecule has 122 valence electrons. The van der Waals surface area contributed by atoms with E-state index >= 15 is 0 Å². The second-order valence-electron chi connectivity index (χ2n) is 4.96. The van der Waals surface area contributed by atoms with Crippen molar-refractivity contribution in [2.45, 2.75) is 13.0 Å². The Morgan fingerprint density at radius 1 is 0.957 bits per heavy atom. The van der Waals surface area contributed by atoms with Gasteiger partial charge in [0, 0.05) is 20.1 Å². The number of nitrogens with zero attached hydrogens (tertiary/aromatic N) is 1. The summed E-state index contributed by atoms with van der Waals surface area (Å²) in [6.07, 6.45) is 0.334. The monoisotopic (exact) mass is 321 g/mol. The fourth-order valence-corrected chi connectivity index (χ4v) is 2.06. The van der Waals surface area contributed by atoms with E-state index in [0.29, 0.717) is 31.0 Å². The van der Waals surface area contributed by atoms with Crippen molar-refractivity contribution in [1.82, 2.24) is 10.6 Å². The van der Waals surface area contributed by atoms with Gasteiger partial charge in [0.25, 0.3) is 0 Å². The Labute approximate surface area is 133 Å². The molecule has 0 aliphatic rings. The van der Waals surface area contributed by atoms with Crippen LogP contribution in [0.4, 0.5) is 13.2 Å². The zero-order valence-electron chi connectivity index (χ0n) is 12.7. The zero-order chi connectivity index (χ0) is 16.7. The van der Waals surface area contributed by atoms with E-state index in [-0.39, 0.29) is 5.82 Å². The van der Waals surface area contributed by atoms with Crippen molar-refractivity contribution in [2.75, 3.05) is 13.6 Å². The average molecular weight is 321 g/mol. The van der Waals surface area contributed by atoms with E-state index in [0.717, 1.165) is 17.7 Å². The molecular weight excluding hydrogens is 303 g/mol. The lowest BCUT2D eigenvalue weighted by Gasteiger charge is -2.12. The van der Waals surface area contributed by atoms with Crippen LogP contribution in [0.15, 0.2) is 47.5 Å². The molecule has 0 aliphatic heterocycles. The van der Waals surface area contributed by atoms with Gasteiger partial charge < -0.3 is 10.6 Å². The summed E-state index contributed by atoms with van der Waals surface area (Å²) in [7, 11) is 1.61. The highest BCUT2D eigenvalue weighted by molar-refractivity contribution is 5.79. The smallest absolute Gasteiger partial charge is 0.191 e. The number of hydrogen-bond acceptors (Lipinski definition) is 1. The van der Waals surface area contributed by atoms with Crippen LogP contribution in [0.3, 0.4) is 0 Å². The van der Waals surface area contributed by atoms with Crippen LogP contribution in [0.1, 0.15) is 11.1 Å². The normalized spacial score (nSPS) is 11.4. The topological polar surface area (TPSA) is 36.4 Å². The molecule has 2 rings (SSSR count). The maximum absolute atomic E-state index is 13.5. The molecule has 2 N–H and O–H groups in total. The van der Waals surface area contributed by atoms with Gasteiger partial charge in [-0.2, -0.15) is 0 Å². The fraction of sp³-hybridized carbons (Fsp3) is 0.235. The summed E-state index contributed by atoms with van der Waals surface area (Å²) in [5.41, 5.74) is 1.22. The summed E-state index contributed by atoms with van der Waals surface area (Å²) in [6.45, 7) is 0.887. The third-order valence-electron chi connectivity index (χ3n) is 3.29. The Bertz CT molecular complexity index is 669. The lowest BCUT2D eigenvalue weighted by Crippen LogP contribution is -2.37. The van der Waals surface area contributed by atoms with Crippen molar-refractivity contribution >= 4 is 5.96 Å². The van der Waals surface area contributed by atoms with E-state index in [2.05, 4.69) is 15.6 Å². The minimum absolute atomic E-state index is 0.284. The molecule has 0 aromatic heterocycles. The first-order valence-corrected chi connectivity index (χ1v) is 7.21. The largest absolute Gasteiger partial charge is 0.356 e. The average Bonchev–Trinajstić information content (AvgIpc) is 2.55. The van der Waals surface area contributed by atoms with Crippen LogP contribution in [0, 0.1) is 17.5 Å². The second kappa shape index (κ2) is 8.22. The van der Waals surface area contributed by atoms with E-state index in [9.17, 15) is 13.2 Å². The number of halogens is 3. The van der Waals surface area contributed by atoms with E-state index in [1.165, 1.54) is 18.2 Å². The van der Waals surface area contributed by atoms with Crippen LogP contribution in [-0.2, 0) is 13.0 Å². The van der Waals surface area contributed by atoms with E-state index in [4.69, 9.17) is 0 Å². The van der Waals surface area contributed by atoms with E-state index in [1.807, 2.05) is 0 Å². The Hall–Kier alpha value is -2.50. The first-order chi connectivity index (χ1) is 11.1. The highest BCUT2D eigenvalue weighted by Gasteiger charge is 2.04. The molecule has 6 heteroatoms. The van der Waals surface area contributed by atoms with Crippen LogP contribution in [-0.4, -0.2) is 19.6 Å². The molecule has 0 saturated heterocycles. The van der Waals surface area contributed by atoms with Crippen molar-refractivity contribution in [3.05, 3.63) is 71.0 Å². The van der Waals surface area contributed by atoms with Gasteiger partial charge in [0.15, 0.2) is 5.96 Å². The van der Waals surface area contributed by atoms with Gasteiger partial charge in [-0.15, -0.1) is 0 Å². The third kappa shape index (κ3) is 5.32. The Balaban J connectivity index is 1.81. The van der Waals surface area contributed by atoms with Crippen LogP contribution in [0.25, 0.3) is 0 Å². The van der Waals surface area contributed by atoms with Crippen molar-refractivity contribution in [3.63, 3.8) is 0 Å². The van der Waals surface area contributed by atoms with Crippen LogP contribution >= 0.6 is 0 Å². The summed E-state index contributed by atoms with van der Waals surface area (Å²) >= 11 is 0. The Kier molecular flexibility index (Phi) is 6.02. The molecule has 0 fully saturated rings. The molecular formula is C17H18F3N3. The van der Waals surface area contributed by atoms with E-state index < -0.39 is 11.6 Å². The van der Waals surface area contributed by atoms with Gasteiger partial charge in [-0.3, -0.25) is 4.99 Å². The standard InChI is InChI=1S/C17H18F3N3/c1-21-17(23-11-12-2-4-14(18)5-3-12)22-9-8-13-10-15(19)6-7-16(13)20/h2-7,10H,8-9,11H2,1H3,(H2,21,22,23). The predicted molar refractivity (Wildman–Crippen MR) is 84.7 cm³/mol. The number of guanidine groups is 1. The van der Waals surface area contributed by atoms with Gasteiger partial charge in [-0.05, 0) is 47.9 Å². The lowest BCUT2D eigenvalue weighted by molar-refractivity contribution is 0.583. The van der Waals surface area contributed by atoms with E-state index in [1.54, 1.807) is 19.2 Å². The molecule has 0 aliphatic carbocycles. The summed E-state index contributed by atoms with van der Waals surface area (Å²) in [6, 6.07) is 9.53. The van der Waals surface area contributed by atoms with Crippen molar-refractivity contribution in [1.29, 1.82) is 0 Å². The molecule has 0 bridgehead atoms. The number of nitrogens with one attached hydrogen (secondary N) is 2. The summed E-state index contributed by atoms with van der Waals surface area (Å²) in [5, 5.41) is 6.09. The first kappa shape index (κ1) is 16.9. The van der Waals surface area contributed by atoms with Crippen LogP contribution in [0.2, 0.25) is 0 Å². The molecule has 0 heterocycles. The van der Waals surface area contributed by atoms with Gasteiger partial charge in [-0.1, -0.05) is 12.1 Å². The zero-order valence-corrected chi connectivity index (χ0v) is 12.7. The maximum atomic E-state index is 13.5. The summed E-state index contributed by atoms with van der Waals surface area (Å²) in [4.78, 5) is 4.04. The minimum atomic E-state index is -0.458. The number of rotatable bonds is 5. The highest BCUT2D eigenvalue weighted by Crippen LogP contribution is 2.09. The lowest BCUT2D eigenvalue weighted by atomic mass is 10.1. The Morgan fingerprint density at radius 2 is 1.65 bits per heavy atom. The molecule has 2 aromatic carbocycles. The van der Waals surface area contributed by atoms with Gasteiger partial charge in [-0.25, -0.2) is 13.2 Å². The molecule has 0 atom stereocenters. The quantitative estimate of drug-likeness (QED) is 0.656. The third-order valence-corrected chi connectivity index (χ3v) is 3.29. The molecule has 3 nitrogen and oxygen atoms in total. The summed E-state index contributed by atoms with van der Waals surface area (Å²) in [5.74, 6) is -0.637. The predicted octanol–water partition coefficient (Wildman–Crippen LogP) is 3.01. The van der Waals surface area contributed by atoms with Gasteiger partial charge in [0.1, 0.15) is 17.5 Å².